The van der Waals surface area contributed by atoms with Gasteiger partial charge in [0.05, 0.1) is 5.52 Å². The number of fused-ring (bicyclic) bond motifs is 1. The fourth-order valence-corrected chi connectivity index (χ4v) is 4.07. The number of anilines is 2. The Morgan fingerprint density at radius 2 is 1.73 bits per heavy atom. The van der Waals surface area contributed by atoms with Gasteiger partial charge in [-0.15, -0.1) is 10.2 Å². The van der Waals surface area contributed by atoms with Crippen molar-refractivity contribution in [3.05, 3.63) is 91.1 Å². The first kappa shape index (κ1) is 20.7. The second-order valence-electron chi connectivity index (χ2n) is 7.28. The van der Waals surface area contributed by atoms with Crippen LogP contribution in [0.15, 0.2) is 90.2 Å². The number of hydrogen-bond acceptors (Lipinski definition) is 6. The van der Waals surface area contributed by atoms with Crippen LogP contribution >= 0.6 is 0 Å². The maximum absolute atomic E-state index is 13.7. The largest absolute Gasteiger partial charge is 0.337 e. The number of hydrogen-bond donors (Lipinski definition) is 2. The molecule has 0 saturated heterocycles. The Kier molecular flexibility index (Phi) is 5.08. The minimum Gasteiger partial charge on any atom is -0.337 e. The number of nitrogens with zero attached hydrogens (tertiary/aromatic N) is 4. The van der Waals surface area contributed by atoms with Gasteiger partial charge >= 0.3 is 0 Å². The molecule has 5 aromatic rings. The van der Waals surface area contributed by atoms with E-state index in [1.807, 2.05) is 42.6 Å². The van der Waals surface area contributed by atoms with Crippen LogP contribution in [0.1, 0.15) is 0 Å². The number of pyridine rings is 1. The van der Waals surface area contributed by atoms with Gasteiger partial charge in [-0.25, -0.2) is 17.9 Å². The Bertz CT molecular complexity index is 1590. The molecular weight excluding hydrogens is 443 g/mol. The molecule has 0 aliphatic carbocycles. The first-order chi connectivity index (χ1) is 15.9. The topological polar surface area (TPSA) is 115 Å². The zero-order valence-electron chi connectivity index (χ0n) is 17.1. The Morgan fingerprint density at radius 1 is 0.909 bits per heavy atom. The van der Waals surface area contributed by atoms with E-state index in [-0.39, 0.29) is 10.7 Å². The van der Waals surface area contributed by atoms with Crippen molar-refractivity contribution in [1.29, 1.82) is 0 Å². The predicted molar refractivity (Wildman–Crippen MR) is 123 cm³/mol. The van der Waals surface area contributed by atoms with Crippen molar-refractivity contribution < 1.29 is 12.8 Å². The average Bonchev–Trinajstić information content (AvgIpc) is 3.25. The van der Waals surface area contributed by atoms with Gasteiger partial charge in [0.1, 0.15) is 10.7 Å². The van der Waals surface area contributed by atoms with Crippen molar-refractivity contribution in [1.82, 2.24) is 19.6 Å². The first-order valence-electron chi connectivity index (χ1n) is 9.84. The number of aromatic nitrogens is 4. The van der Waals surface area contributed by atoms with E-state index in [1.165, 1.54) is 30.6 Å². The molecule has 8 nitrogen and oxygen atoms in total. The summed E-state index contributed by atoms with van der Waals surface area (Å²) in [6, 6.07) is 19.0. The van der Waals surface area contributed by atoms with Crippen molar-refractivity contribution in [2.45, 2.75) is 4.90 Å². The summed E-state index contributed by atoms with van der Waals surface area (Å²) in [7, 11) is -3.95. The molecule has 2 aromatic carbocycles. The summed E-state index contributed by atoms with van der Waals surface area (Å²) in [5.74, 6) is 0.392. The lowest BCUT2D eigenvalue weighted by Crippen LogP contribution is -2.12. The average molecular weight is 460 g/mol. The standard InChI is InChI=1S/C23H17FN6O2S/c24-17-7-4-8-18(12-17)27-22-21-20(15-5-2-1-3-6-15)9-10-30(21)23(29-28-22)16-11-19(14-26-13-16)33(25,31)32/h1-14H,(H,27,28)(H2,25,31,32). The smallest absolute Gasteiger partial charge is 0.239 e. The highest BCUT2D eigenvalue weighted by Crippen LogP contribution is 2.33. The molecular formula is C23H17FN6O2S. The van der Waals surface area contributed by atoms with Crippen LogP contribution in [0.3, 0.4) is 0 Å². The third-order valence-electron chi connectivity index (χ3n) is 5.06. The van der Waals surface area contributed by atoms with Crippen LogP contribution in [0, 0.1) is 5.82 Å². The molecule has 0 amide bonds. The van der Waals surface area contributed by atoms with Crippen LogP contribution < -0.4 is 10.5 Å². The summed E-state index contributed by atoms with van der Waals surface area (Å²) in [6.45, 7) is 0. The molecule has 0 bridgehead atoms. The summed E-state index contributed by atoms with van der Waals surface area (Å²) < 4.78 is 39.1. The van der Waals surface area contributed by atoms with Crippen LogP contribution in [0.5, 0.6) is 0 Å². The highest BCUT2D eigenvalue weighted by molar-refractivity contribution is 7.89. The number of sulfonamides is 1. The highest BCUT2D eigenvalue weighted by atomic mass is 32.2. The van der Waals surface area contributed by atoms with E-state index in [9.17, 15) is 12.8 Å². The van der Waals surface area contributed by atoms with Crippen molar-refractivity contribution in [2.75, 3.05) is 5.32 Å². The van der Waals surface area contributed by atoms with Crippen LogP contribution in [0.25, 0.3) is 28.0 Å². The van der Waals surface area contributed by atoms with Gasteiger partial charge in [0.2, 0.25) is 10.0 Å². The molecule has 0 aliphatic rings. The van der Waals surface area contributed by atoms with E-state index < -0.39 is 10.0 Å². The molecule has 0 radical (unpaired) electrons. The molecule has 0 aliphatic heterocycles. The summed E-state index contributed by atoms with van der Waals surface area (Å²) in [5, 5.41) is 17.1. The molecule has 3 N–H and O–H groups in total. The van der Waals surface area contributed by atoms with E-state index in [0.29, 0.717) is 28.4 Å². The minimum absolute atomic E-state index is 0.132. The van der Waals surface area contributed by atoms with Crippen molar-refractivity contribution >= 4 is 27.0 Å². The second kappa shape index (κ2) is 8.08. The van der Waals surface area contributed by atoms with Gasteiger partial charge in [-0.3, -0.25) is 9.38 Å². The summed E-state index contributed by atoms with van der Waals surface area (Å²) in [5.41, 5.74) is 3.42. The van der Waals surface area contributed by atoms with E-state index in [1.54, 1.807) is 16.5 Å². The maximum Gasteiger partial charge on any atom is 0.239 e. The molecule has 10 heteroatoms. The molecule has 0 unspecified atom stereocenters. The van der Waals surface area contributed by atoms with Gasteiger partial charge in [-0.05, 0) is 35.9 Å². The van der Waals surface area contributed by atoms with Crippen molar-refractivity contribution in [2.24, 2.45) is 5.14 Å². The number of rotatable bonds is 5. The van der Waals surface area contributed by atoms with Crippen LogP contribution in [-0.4, -0.2) is 28.0 Å². The molecule has 0 saturated carbocycles. The number of nitrogens with one attached hydrogen (secondary N) is 1. The predicted octanol–water partition coefficient (Wildman–Crippen LogP) is 3.99. The van der Waals surface area contributed by atoms with E-state index >= 15 is 0 Å². The zero-order valence-corrected chi connectivity index (χ0v) is 17.9. The Balaban J connectivity index is 1.73. The second-order valence-corrected chi connectivity index (χ2v) is 8.84. The molecule has 0 spiro atoms. The molecule has 33 heavy (non-hydrogen) atoms. The summed E-state index contributed by atoms with van der Waals surface area (Å²) in [4.78, 5) is 3.87. The lowest BCUT2D eigenvalue weighted by molar-refractivity contribution is 0.597. The molecule has 0 atom stereocenters. The number of benzene rings is 2. The Hall–Kier alpha value is -4.15. The number of nitrogens with two attached hydrogens (primary N) is 1. The SMILES string of the molecule is NS(=O)(=O)c1cncc(-c2nnc(Nc3cccc(F)c3)c3c(-c4ccccc4)ccn23)c1. The van der Waals surface area contributed by atoms with Crippen LogP contribution in [0.2, 0.25) is 0 Å². The lowest BCUT2D eigenvalue weighted by atomic mass is 10.1. The van der Waals surface area contributed by atoms with Gasteiger partial charge < -0.3 is 5.32 Å². The van der Waals surface area contributed by atoms with Crippen molar-refractivity contribution in [3.63, 3.8) is 0 Å². The third kappa shape index (κ3) is 4.04. The van der Waals surface area contributed by atoms with Gasteiger partial charge in [-0.2, -0.15) is 0 Å². The minimum atomic E-state index is -3.95. The normalized spacial score (nSPS) is 11.6. The van der Waals surface area contributed by atoms with Gasteiger partial charge in [-0.1, -0.05) is 36.4 Å². The molecule has 3 heterocycles. The highest BCUT2D eigenvalue weighted by Gasteiger charge is 2.18. The van der Waals surface area contributed by atoms with Gasteiger partial charge in [0.25, 0.3) is 0 Å². The zero-order chi connectivity index (χ0) is 23.0. The number of halogens is 1. The maximum atomic E-state index is 13.7. The molecule has 3 aromatic heterocycles. The number of primary sulfonamides is 1. The van der Waals surface area contributed by atoms with E-state index in [0.717, 1.165) is 11.1 Å². The molecule has 164 valence electrons. The van der Waals surface area contributed by atoms with Gasteiger partial charge in [0, 0.05) is 35.4 Å². The fraction of sp³-hybridized carbons (Fsp3) is 0. The van der Waals surface area contributed by atoms with Crippen LogP contribution in [-0.2, 0) is 10.0 Å². The van der Waals surface area contributed by atoms with Gasteiger partial charge in [0.15, 0.2) is 11.6 Å². The van der Waals surface area contributed by atoms with Crippen LogP contribution in [0.4, 0.5) is 15.9 Å². The van der Waals surface area contributed by atoms with Crippen molar-refractivity contribution in [3.8, 4) is 22.5 Å². The summed E-state index contributed by atoms with van der Waals surface area (Å²) >= 11 is 0. The third-order valence-corrected chi connectivity index (χ3v) is 5.94. The first-order valence-corrected chi connectivity index (χ1v) is 11.4. The molecule has 5 rings (SSSR count). The molecule has 0 fully saturated rings. The van der Waals surface area contributed by atoms with E-state index in [4.69, 9.17) is 5.14 Å². The van der Waals surface area contributed by atoms with E-state index in [2.05, 4.69) is 20.5 Å². The summed E-state index contributed by atoms with van der Waals surface area (Å²) in [6.07, 6.45) is 4.47. The quantitative estimate of drug-likeness (QED) is 0.410. The Labute approximate surface area is 188 Å². The lowest BCUT2D eigenvalue weighted by Gasteiger charge is -2.12. The monoisotopic (exact) mass is 460 g/mol. The fourth-order valence-electron chi connectivity index (χ4n) is 3.57. The Morgan fingerprint density at radius 3 is 2.48 bits per heavy atom.